The number of aromatic hydroxyl groups is 1. The predicted octanol–water partition coefficient (Wildman–Crippen LogP) is 5.84. The molecule has 0 aliphatic rings. The fourth-order valence-corrected chi connectivity index (χ4v) is 3.69. The fourth-order valence-electron chi connectivity index (χ4n) is 3.52. The lowest BCUT2D eigenvalue weighted by atomic mass is 10.0. The summed E-state index contributed by atoms with van der Waals surface area (Å²) in [4.78, 5) is 17.3. The Balaban J connectivity index is 1.28. The van der Waals surface area contributed by atoms with Gasteiger partial charge >= 0.3 is 0 Å². The molecule has 0 unspecified atom stereocenters. The van der Waals surface area contributed by atoms with Crippen molar-refractivity contribution in [2.24, 2.45) is 0 Å². The molecule has 0 bridgehead atoms. The lowest BCUT2D eigenvalue weighted by molar-refractivity contribution is 0.104. The largest absolute Gasteiger partial charge is 0.507 e. The van der Waals surface area contributed by atoms with E-state index in [0.717, 1.165) is 27.7 Å². The summed E-state index contributed by atoms with van der Waals surface area (Å²) in [7, 11) is 0. The van der Waals surface area contributed by atoms with Gasteiger partial charge in [0.2, 0.25) is 0 Å². The van der Waals surface area contributed by atoms with Gasteiger partial charge in [-0.25, -0.2) is 10.1 Å². The molecule has 0 spiro atoms. The molecule has 0 amide bonds. The number of hydrogen-bond donors (Lipinski definition) is 2. The molecule has 5 rings (SSSR count). The first-order valence-electron chi connectivity index (χ1n) is 10.7. The number of tetrazole rings is 1. The number of fused-ring (bicyclic) bond motifs is 1. The summed E-state index contributed by atoms with van der Waals surface area (Å²) < 4.78 is 0. The molecule has 2 aromatic heterocycles. The first-order valence-corrected chi connectivity index (χ1v) is 11.1. The molecule has 2 N–H and O–H groups in total. The Morgan fingerprint density at radius 2 is 1.66 bits per heavy atom. The normalized spacial score (nSPS) is 11.6. The maximum Gasteiger partial charge on any atom is 0.189 e. The summed E-state index contributed by atoms with van der Waals surface area (Å²) in [6.07, 6.45) is 7.03. The monoisotopic (exact) mass is 479 g/mol. The van der Waals surface area contributed by atoms with Crippen molar-refractivity contribution in [3.8, 4) is 17.1 Å². The highest BCUT2D eigenvalue weighted by molar-refractivity contribution is 6.31. The molecule has 2 heterocycles. The topological polar surface area (TPSA) is 105 Å². The number of carbonyl (C=O) groups is 1. The van der Waals surface area contributed by atoms with Gasteiger partial charge in [0.05, 0.1) is 16.8 Å². The second-order valence-electron chi connectivity index (χ2n) is 7.75. The van der Waals surface area contributed by atoms with E-state index in [1.165, 1.54) is 12.1 Å². The Kier molecular flexibility index (Phi) is 6.15. The van der Waals surface area contributed by atoms with Crippen LogP contribution in [0.25, 0.3) is 40.5 Å². The molecule has 3 aromatic carbocycles. The second kappa shape index (κ2) is 9.70. The number of hydrogen-bond acceptors (Lipinski definition) is 6. The molecule has 35 heavy (non-hydrogen) atoms. The average Bonchev–Trinajstić information content (AvgIpc) is 3.42. The summed E-state index contributed by atoms with van der Waals surface area (Å²) in [5.41, 5.74) is 4.29. The van der Waals surface area contributed by atoms with E-state index in [0.29, 0.717) is 16.4 Å². The zero-order chi connectivity index (χ0) is 24.2. The number of rotatable bonds is 6. The van der Waals surface area contributed by atoms with Gasteiger partial charge in [0.1, 0.15) is 5.75 Å². The van der Waals surface area contributed by atoms with E-state index in [4.69, 9.17) is 11.6 Å². The van der Waals surface area contributed by atoms with Crippen LogP contribution in [0.5, 0.6) is 5.75 Å². The Morgan fingerprint density at radius 1 is 0.886 bits per heavy atom. The van der Waals surface area contributed by atoms with Gasteiger partial charge in [-0.05, 0) is 70.1 Å². The molecule has 0 saturated carbocycles. The third kappa shape index (κ3) is 5.15. The number of phenolic OH excluding ortho intramolecular Hbond substituents is 1. The molecule has 170 valence electrons. The van der Waals surface area contributed by atoms with Crippen molar-refractivity contribution >= 4 is 46.5 Å². The molecular formula is C27H18ClN5O2. The summed E-state index contributed by atoms with van der Waals surface area (Å²) in [6, 6.07) is 22.0. The minimum absolute atomic E-state index is 0.110. The van der Waals surface area contributed by atoms with Gasteiger partial charge in [-0.1, -0.05) is 60.2 Å². The summed E-state index contributed by atoms with van der Waals surface area (Å²) >= 11 is 6.07. The number of ketones is 1. The highest BCUT2D eigenvalue weighted by Crippen LogP contribution is 2.24. The number of halogens is 1. The van der Waals surface area contributed by atoms with E-state index < -0.39 is 0 Å². The molecule has 8 heteroatoms. The SMILES string of the molecule is O=C(/C=C/c1ccc(/C=C/c2ccc3ccc(Cl)cc3n2)cc1)c1cc(-c2nnn[nH]2)ccc1O. The van der Waals surface area contributed by atoms with Crippen LogP contribution < -0.4 is 0 Å². The standard InChI is InChI=1S/C27H18ClN5O2/c28-21-10-7-19-8-12-22(29-24(19)16-21)11-5-17-1-3-18(4-2-17)6-13-25(34)23-15-20(9-14-26(23)35)27-30-32-33-31-27/h1-16,35H,(H,30,31,32,33)/b11-5+,13-6+. The lowest BCUT2D eigenvalue weighted by Gasteiger charge is -2.03. The number of aromatic amines is 1. The van der Waals surface area contributed by atoms with Crippen molar-refractivity contribution in [1.29, 1.82) is 0 Å². The number of benzene rings is 3. The zero-order valence-corrected chi connectivity index (χ0v) is 19.0. The van der Waals surface area contributed by atoms with Gasteiger partial charge in [0.15, 0.2) is 11.6 Å². The van der Waals surface area contributed by atoms with Gasteiger partial charge < -0.3 is 5.11 Å². The van der Waals surface area contributed by atoms with Crippen LogP contribution >= 0.6 is 11.6 Å². The highest BCUT2D eigenvalue weighted by atomic mass is 35.5. The van der Waals surface area contributed by atoms with Crippen LogP contribution in [0.15, 0.2) is 78.9 Å². The molecular weight excluding hydrogens is 462 g/mol. The Labute approximate surface area is 205 Å². The van der Waals surface area contributed by atoms with Crippen LogP contribution in [0.4, 0.5) is 0 Å². The summed E-state index contributed by atoms with van der Waals surface area (Å²) in [5.74, 6) is -0.0291. The Morgan fingerprint density at radius 3 is 2.43 bits per heavy atom. The molecule has 5 aromatic rings. The van der Waals surface area contributed by atoms with Crippen molar-refractivity contribution in [2.75, 3.05) is 0 Å². The van der Waals surface area contributed by atoms with E-state index in [-0.39, 0.29) is 17.1 Å². The number of nitrogens with zero attached hydrogens (tertiary/aromatic N) is 4. The van der Waals surface area contributed by atoms with Gasteiger partial charge in [0.25, 0.3) is 0 Å². The number of H-pyrrole nitrogens is 1. The lowest BCUT2D eigenvalue weighted by Crippen LogP contribution is -1.96. The quantitative estimate of drug-likeness (QED) is 0.234. The number of aromatic nitrogens is 5. The number of carbonyl (C=O) groups excluding carboxylic acids is 1. The van der Waals surface area contributed by atoms with Crippen LogP contribution in [0, 0.1) is 0 Å². The van der Waals surface area contributed by atoms with Gasteiger partial charge in [-0.15, -0.1) is 5.10 Å². The average molecular weight is 480 g/mol. The van der Waals surface area contributed by atoms with E-state index in [2.05, 4.69) is 25.6 Å². The van der Waals surface area contributed by atoms with Gasteiger partial charge in [-0.3, -0.25) is 4.79 Å². The van der Waals surface area contributed by atoms with Crippen LogP contribution in [0.1, 0.15) is 27.2 Å². The maximum absolute atomic E-state index is 12.7. The minimum atomic E-state index is -0.330. The summed E-state index contributed by atoms with van der Waals surface area (Å²) in [6.45, 7) is 0. The smallest absolute Gasteiger partial charge is 0.189 e. The highest BCUT2D eigenvalue weighted by Gasteiger charge is 2.12. The molecule has 0 fully saturated rings. The number of pyridine rings is 1. The first-order chi connectivity index (χ1) is 17.0. The van der Waals surface area contributed by atoms with E-state index in [1.54, 1.807) is 18.2 Å². The number of phenols is 1. The van der Waals surface area contributed by atoms with Crippen molar-refractivity contribution in [3.63, 3.8) is 0 Å². The van der Waals surface area contributed by atoms with Crippen LogP contribution in [-0.2, 0) is 0 Å². The first kappa shape index (κ1) is 22.2. The van der Waals surface area contributed by atoms with E-state index in [9.17, 15) is 9.90 Å². The van der Waals surface area contributed by atoms with Crippen molar-refractivity contribution in [2.45, 2.75) is 0 Å². The number of allylic oxidation sites excluding steroid dienone is 1. The summed E-state index contributed by atoms with van der Waals surface area (Å²) in [5, 5.41) is 25.3. The number of nitrogens with one attached hydrogen (secondary N) is 1. The third-order valence-corrected chi connectivity index (χ3v) is 5.60. The predicted molar refractivity (Wildman–Crippen MR) is 137 cm³/mol. The minimum Gasteiger partial charge on any atom is -0.507 e. The zero-order valence-electron chi connectivity index (χ0n) is 18.3. The molecule has 0 atom stereocenters. The van der Waals surface area contributed by atoms with Crippen LogP contribution in [0.2, 0.25) is 5.02 Å². The third-order valence-electron chi connectivity index (χ3n) is 5.37. The fraction of sp³-hybridized carbons (Fsp3) is 0. The molecule has 0 aliphatic carbocycles. The van der Waals surface area contributed by atoms with Gasteiger partial charge in [0, 0.05) is 16.0 Å². The molecule has 0 aliphatic heterocycles. The van der Waals surface area contributed by atoms with Gasteiger partial charge in [-0.2, -0.15) is 0 Å². The maximum atomic E-state index is 12.7. The molecule has 0 radical (unpaired) electrons. The van der Waals surface area contributed by atoms with Crippen LogP contribution in [0.3, 0.4) is 0 Å². The van der Waals surface area contributed by atoms with E-state index in [1.807, 2.05) is 66.7 Å². The Hall–Kier alpha value is -4.62. The molecule has 0 saturated heterocycles. The van der Waals surface area contributed by atoms with E-state index >= 15 is 0 Å². The van der Waals surface area contributed by atoms with Crippen molar-refractivity contribution in [3.05, 3.63) is 106 Å². The van der Waals surface area contributed by atoms with Crippen molar-refractivity contribution < 1.29 is 9.90 Å². The second-order valence-corrected chi connectivity index (χ2v) is 8.19. The molecule has 7 nitrogen and oxygen atoms in total. The van der Waals surface area contributed by atoms with Crippen LogP contribution in [-0.4, -0.2) is 36.5 Å². The Bertz CT molecular complexity index is 1580. The van der Waals surface area contributed by atoms with Crippen molar-refractivity contribution in [1.82, 2.24) is 25.6 Å².